The monoisotopic (exact) mass is 306 g/mol. The summed E-state index contributed by atoms with van der Waals surface area (Å²) in [7, 11) is 0. The van der Waals surface area contributed by atoms with Gasteiger partial charge in [-0.05, 0) is 6.07 Å². The lowest BCUT2D eigenvalue weighted by molar-refractivity contribution is -0.986. The third-order valence-electron chi connectivity index (χ3n) is 2.30. The maximum absolute atomic E-state index is 10.8. The Morgan fingerprint density at radius 1 is 0.900 bits per heavy atom. The van der Waals surface area contributed by atoms with Crippen LogP contribution in [0, 0.1) is 40.5 Å². The molecule has 0 fully saturated rings. The van der Waals surface area contributed by atoms with Gasteiger partial charge in [-0.25, -0.2) is 0 Å². The van der Waals surface area contributed by atoms with E-state index in [9.17, 15) is 40.5 Å². The van der Waals surface area contributed by atoms with E-state index >= 15 is 0 Å². The van der Waals surface area contributed by atoms with Gasteiger partial charge in [-0.3, -0.25) is 40.5 Å². The maximum Gasteiger partial charge on any atom is 0.730 e. The van der Waals surface area contributed by atoms with Gasteiger partial charge in [0.05, 0.1) is 4.92 Å². The van der Waals surface area contributed by atoms with Crippen LogP contribution in [0.1, 0.15) is 5.56 Å². The third-order valence-corrected chi connectivity index (χ3v) is 2.70. The highest BCUT2D eigenvalue weighted by atomic mass is 35.5. The van der Waals surface area contributed by atoms with Crippen LogP contribution in [0.3, 0.4) is 0 Å². The number of hydrogen-bond acceptors (Lipinski definition) is 8. The molecule has 0 aliphatic heterocycles. The van der Waals surface area contributed by atoms with E-state index in [4.69, 9.17) is 11.6 Å². The van der Waals surface area contributed by atoms with Gasteiger partial charge in [-0.1, -0.05) is 17.7 Å². The molecule has 13 heteroatoms. The van der Waals surface area contributed by atoms with Crippen molar-refractivity contribution in [1.82, 2.24) is 0 Å². The lowest BCUT2D eigenvalue weighted by Gasteiger charge is -2.09. The lowest BCUT2D eigenvalue weighted by Crippen LogP contribution is -2.50. The van der Waals surface area contributed by atoms with Gasteiger partial charge >= 0.3 is 5.79 Å². The molecule has 1 aromatic rings. The van der Waals surface area contributed by atoms with Gasteiger partial charge in [0.2, 0.25) is 5.56 Å². The van der Waals surface area contributed by atoms with E-state index in [1.165, 1.54) is 0 Å². The Kier molecular flexibility index (Phi) is 3.80. The summed E-state index contributed by atoms with van der Waals surface area (Å²) >= 11 is 5.47. The van der Waals surface area contributed by atoms with Crippen molar-refractivity contribution >= 4 is 17.3 Å². The fraction of sp³-hybridized carbons (Fsp3) is 0.143. The minimum Gasteiger partial charge on any atom is -0.258 e. The predicted octanol–water partition coefficient (Wildman–Crippen LogP) is 1.19. The highest BCUT2D eigenvalue weighted by Gasteiger charge is 2.74. The average molecular weight is 307 g/mol. The highest BCUT2D eigenvalue weighted by molar-refractivity contribution is 6.33. The van der Waals surface area contributed by atoms with Crippen LogP contribution in [0.4, 0.5) is 5.69 Å². The number of hydrogen-bond donors (Lipinski definition) is 0. The second kappa shape index (κ2) is 5.00. The number of benzene rings is 1. The van der Waals surface area contributed by atoms with E-state index in [0.717, 1.165) is 12.1 Å². The van der Waals surface area contributed by atoms with Crippen molar-refractivity contribution in [1.29, 1.82) is 0 Å². The van der Waals surface area contributed by atoms with Crippen molar-refractivity contribution in [3.05, 3.63) is 69.2 Å². The quantitative estimate of drug-likeness (QED) is 0.442. The first-order chi connectivity index (χ1) is 9.17. The zero-order valence-electron chi connectivity index (χ0n) is 9.16. The van der Waals surface area contributed by atoms with E-state index in [2.05, 4.69) is 0 Å². The van der Waals surface area contributed by atoms with E-state index in [1.54, 1.807) is 0 Å². The smallest absolute Gasteiger partial charge is 0.258 e. The molecule has 0 saturated heterocycles. The number of nitro benzene ring substituents is 1. The van der Waals surface area contributed by atoms with Gasteiger partial charge in [0.1, 0.15) is 5.02 Å². The number of nitro groups is 4. The van der Waals surface area contributed by atoms with Crippen molar-refractivity contribution in [2.24, 2.45) is 0 Å². The van der Waals surface area contributed by atoms with Crippen LogP contribution in [0.15, 0.2) is 18.2 Å². The van der Waals surface area contributed by atoms with Crippen LogP contribution in [0.2, 0.25) is 5.02 Å². The van der Waals surface area contributed by atoms with Crippen LogP contribution in [-0.4, -0.2) is 19.7 Å². The van der Waals surface area contributed by atoms with Crippen LogP contribution < -0.4 is 0 Å². The molecule has 12 nitrogen and oxygen atoms in total. The Bertz CT molecular complexity index is 595. The van der Waals surface area contributed by atoms with E-state index in [0.29, 0.717) is 6.07 Å². The summed E-state index contributed by atoms with van der Waals surface area (Å²) in [4.78, 5) is 36.7. The summed E-state index contributed by atoms with van der Waals surface area (Å²) in [6.07, 6.45) is 0. The first-order valence-electron chi connectivity index (χ1n) is 4.54. The number of nitrogens with zero attached hydrogens (tertiary/aromatic N) is 4. The van der Waals surface area contributed by atoms with Crippen LogP contribution >= 0.6 is 11.6 Å². The van der Waals surface area contributed by atoms with Gasteiger partial charge in [0, 0.05) is 6.07 Å². The minimum absolute atomic E-state index is 0.615. The minimum atomic E-state index is -4.01. The molecule has 1 aromatic carbocycles. The molecule has 0 aliphatic carbocycles. The molecular formula is C7H3ClN4O8. The summed E-state index contributed by atoms with van der Waals surface area (Å²) in [6.45, 7) is 0. The molecule has 0 saturated carbocycles. The van der Waals surface area contributed by atoms with Crippen molar-refractivity contribution < 1.29 is 19.7 Å². The summed E-state index contributed by atoms with van der Waals surface area (Å²) in [5, 5.41) is 42.1. The fourth-order valence-corrected chi connectivity index (χ4v) is 1.74. The Balaban J connectivity index is 3.81. The van der Waals surface area contributed by atoms with Crippen molar-refractivity contribution in [2.75, 3.05) is 0 Å². The van der Waals surface area contributed by atoms with Gasteiger partial charge in [0.25, 0.3) is 5.69 Å². The summed E-state index contributed by atoms with van der Waals surface area (Å²) < 4.78 is 0. The highest BCUT2D eigenvalue weighted by Crippen LogP contribution is 2.37. The molecule has 0 spiro atoms. The number of halogens is 1. The summed E-state index contributed by atoms with van der Waals surface area (Å²) in [6, 6.07) is 2.24. The van der Waals surface area contributed by atoms with Gasteiger partial charge in [-0.2, -0.15) is 0 Å². The first-order valence-corrected chi connectivity index (χ1v) is 4.92. The zero-order valence-corrected chi connectivity index (χ0v) is 9.92. The molecule has 0 bridgehead atoms. The van der Waals surface area contributed by atoms with Crippen LogP contribution in [-0.2, 0) is 5.79 Å². The SMILES string of the molecule is O=[N+]([O-])c1cccc(C([N+](=O)[O-])([N+](=O)[O-])[N+](=O)[O-])c1Cl. The Hall–Kier alpha value is -2.89. The molecule has 0 aliphatic rings. The normalized spacial score (nSPS) is 10.8. The van der Waals surface area contributed by atoms with Crippen molar-refractivity contribution in [3.8, 4) is 0 Å². The molecule has 0 N–H and O–H groups in total. The molecule has 106 valence electrons. The summed E-state index contributed by atoms with van der Waals surface area (Å²) in [5.41, 5.74) is -2.12. The van der Waals surface area contributed by atoms with E-state index in [1.807, 2.05) is 0 Å². The molecule has 0 unspecified atom stereocenters. The van der Waals surface area contributed by atoms with Gasteiger partial charge < -0.3 is 0 Å². The maximum atomic E-state index is 10.8. The Morgan fingerprint density at radius 3 is 1.70 bits per heavy atom. The molecule has 0 aromatic heterocycles. The lowest BCUT2D eigenvalue weighted by atomic mass is 10.1. The van der Waals surface area contributed by atoms with Gasteiger partial charge in [-0.15, -0.1) is 0 Å². The molecule has 1 rings (SSSR count). The van der Waals surface area contributed by atoms with Crippen molar-refractivity contribution in [2.45, 2.75) is 5.79 Å². The predicted molar refractivity (Wildman–Crippen MR) is 60.8 cm³/mol. The van der Waals surface area contributed by atoms with Crippen LogP contribution in [0.25, 0.3) is 0 Å². The second-order valence-corrected chi connectivity index (χ2v) is 3.68. The third kappa shape index (κ3) is 1.97. The first kappa shape index (κ1) is 15.2. The average Bonchev–Trinajstić information content (AvgIpc) is 2.30. The van der Waals surface area contributed by atoms with Crippen LogP contribution in [0.5, 0.6) is 0 Å². The van der Waals surface area contributed by atoms with E-state index in [-0.39, 0.29) is 0 Å². The Labute approximate surface area is 113 Å². The van der Waals surface area contributed by atoms with Crippen molar-refractivity contribution in [3.63, 3.8) is 0 Å². The summed E-state index contributed by atoms with van der Waals surface area (Å²) in [5.74, 6) is -4.01. The van der Waals surface area contributed by atoms with E-state index < -0.39 is 41.8 Å². The molecule has 20 heavy (non-hydrogen) atoms. The van der Waals surface area contributed by atoms with Gasteiger partial charge in [0.15, 0.2) is 14.8 Å². The molecule has 0 atom stereocenters. The molecule has 0 heterocycles. The zero-order chi connectivity index (χ0) is 15.7. The standard InChI is InChI=1S/C7H3ClN4O8/c8-6-4(2-1-3-5(6)9(13)14)7(10(15)16,11(17)18)12(19)20/h1-3H. The molecular weight excluding hydrogens is 304 g/mol. The fourth-order valence-electron chi connectivity index (χ4n) is 1.41. The molecule has 0 amide bonds. The largest absolute Gasteiger partial charge is 0.730 e. The topological polar surface area (TPSA) is 173 Å². The second-order valence-electron chi connectivity index (χ2n) is 3.30. The molecule has 0 radical (unpaired) electrons. The number of rotatable bonds is 5. The Morgan fingerprint density at radius 2 is 1.35 bits per heavy atom.